The Morgan fingerprint density at radius 2 is 1.90 bits per heavy atom. The molecule has 0 heterocycles. The fourth-order valence-corrected chi connectivity index (χ4v) is 1.62. The number of carboxylic acids is 1. The van der Waals surface area contributed by atoms with E-state index in [1.165, 1.54) is 6.08 Å². The second-order valence-corrected chi connectivity index (χ2v) is 5.68. The molecule has 0 aliphatic heterocycles. The molecule has 0 rings (SSSR count). The van der Waals surface area contributed by atoms with E-state index >= 15 is 0 Å². The summed E-state index contributed by atoms with van der Waals surface area (Å²) in [6, 6.07) is 0. The Kier molecular flexibility index (Phi) is 8.56. The Hall–Kier alpha value is -1.62. The molecule has 0 radical (unpaired) electrons. The molecule has 0 aromatic heterocycles. The van der Waals surface area contributed by atoms with Crippen LogP contribution in [0.5, 0.6) is 0 Å². The molecule has 114 valence electrons. The predicted molar refractivity (Wildman–Crippen MR) is 75.6 cm³/mol. The highest BCUT2D eigenvalue weighted by Gasteiger charge is 2.21. The van der Waals surface area contributed by atoms with Gasteiger partial charge in [-0.15, -0.1) is 0 Å². The Balaban J connectivity index is 4.41. The lowest BCUT2D eigenvalue weighted by molar-refractivity contribution is -0.873. The zero-order chi connectivity index (χ0) is 15.6. The van der Waals surface area contributed by atoms with Crippen molar-refractivity contribution in [3.8, 4) is 0 Å². The van der Waals surface area contributed by atoms with Gasteiger partial charge in [0.15, 0.2) is 6.10 Å². The molecule has 20 heavy (non-hydrogen) atoms. The van der Waals surface area contributed by atoms with Crippen LogP contribution in [0.25, 0.3) is 0 Å². The van der Waals surface area contributed by atoms with E-state index in [2.05, 4.69) is 6.92 Å². The van der Waals surface area contributed by atoms with Gasteiger partial charge in [-0.1, -0.05) is 31.6 Å². The van der Waals surface area contributed by atoms with Crippen molar-refractivity contribution in [2.75, 3.05) is 27.7 Å². The first-order valence-electron chi connectivity index (χ1n) is 6.78. The number of hydrogen-bond acceptors (Lipinski definition) is 4. The van der Waals surface area contributed by atoms with Crippen LogP contribution in [0.15, 0.2) is 24.3 Å². The summed E-state index contributed by atoms with van der Waals surface area (Å²) in [5.41, 5.74) is 0. The standard InChI is InChI=1S/C15H25NO4/c1-5-6-7-8-9-10-15(19)20-13(11-14(17)18)12-16(2,3)4/h7-10,13H,5-6,11-12H2,1-4H3/b8-7+,10-9+. The minimum absolute atomic E-state index is 0.291. The number of likely N-dealkylation sites (N-methyl/N-ethyl adjacent to an activating group) is 1. The van der Waals surface area contributed by atoms with Crippen molar-refractivity contribution in [3.05, 3.63) is 24.3 Å². The zero-order valence-corrected chi connectivity index (χ0v) is 12.8. The van der Waals surface area contributed by atoms with Gasteiger partial charge in [0, 0.05) is 18.5 Å². The third kappa shape index (κ3) is 11.5. The smallest absolute Gasteiger partial charge is 0.331 e. The maximum Gasteiger partial charge on any atom is 0.331 e. The third-order valence-corrected chi connectivity index (χ3v) is 2.36. The van der Waals surface area contributed by atoms with Crippen molar-refractivity contribution in [1.29, 1.82) is 0 Å². The van der Waals surface area contributed by atoms with E-state index in [1.807, 2.05) is 27.2 Å². The van der Waals surface area contributed by atoms with Crippen molar-refractivity contribution < 1.29 is 23.9 Å². The predicted octanol–water partition coefficient (Wildman–Crippen LogP) is 0.657. The van der Waals surface area contributed by atoms with Crippen molar-refractivity contribution in [3.63, 3.8) is 0 Å². The summed E-state index contributed by atoms with van der Waals surface area (Å²) in [5.74, 6) is -1.76. The second kappa shape index (κ2) is 9.31. The molecule has 0 aromatic carbocycles. The topological polar surface area (TPSA) is 66.4 Å². The molecule has 0 aromatic rings. The van der Waals surface area contributed by atoms with Crippen LogP contribution in [-0.4, -0.2) is 50.2 Å². The number of carbonyl (C=O) groups excluding carboxylic acids is 2. The van der Waals surface area contributed by atoms with E-state index in [1.54, 1.807) is 12.2 Å². The van der Waals surface area contributed by atoms with Crippen LogP contribution in [0.4, 0.5) is 0 Å². The summed E-state index contributed by atoms with van der Waals surface area (Å²) in [6.07, 6.45) is 7.65. The van der Waals surface area contributed by atoms with Crippen LogP contribution in [0.1, 0.15) is 26.2 Å². The molecule has 0 bridgehead atoms. The summed E-state index contributed by atoms with van der Waals surface area (Å²) in [4.78, 5) is 22.3. The summed E-state index contributed by atoms with van der Waals surface area (Å²) in [6.45, 7) is 2.48. The van der Waals surface area contributed by atoms with Crippen LogP contribution in [-0.2, 0) is 14.3 Å². The van der Waals surface area contributed by atoms with Gasteiger partial charge >= 0.3 is 5.97 Å². The minimum atomic E-state index is -1.22. The number of carboxylic acid groups (broad SMARTS) is 1. The van der Waals surface area contributed by atoms with Crippen LogP contribution in [0.2, 0.25) is 0 Å². The van der Waals surface area contributed by atoms with Gasteiger partial charge in [0.05, 0.1) is 21.1 Å². The summed E-state index contributed by atoms with van der Waals surface area (Å²) in [5, 5.41) is 10.7. The molecule has 0 aliphatic rings. The van der Waals surface area contributed by atoms with Gasteiger partial charge < -0.3 is 19.1 Å². The molecule has 5 nitrogen and oxygen atoms in total. The number of nitrogens with zero attached hydrogens (tertiary/aromatic N) is 1. The van der Waals surface area contributed by atoms with Gasteiger partial charge in [-0.3, -0.25) is 0 Å². The van der Waals surface area contributed by atoms with Gasteiger partial charge in [0.25, 0.3) is 0 Å². The Bertz CT molecular complexity index is 367. The van der Waals surface area contributed by atoms with Gasteiger partial charge in [0.2, 0.25) is 0 Å². The number of allylic oxidation sites excluding steroid dienone is 3. The van der Waals surface area contributed by atoms with Crippen molar-refractivity contribution in [2.45, 2.75) is 32.3 Å². The normalized spacial score (nSPS) is 13.8. The first-order valence-corrected chi connectivity index (χ1v) is 6.78. The van der Waals surface area contributed by atoms with Gasteiger partial charge in [-0.25, -0.2) is 4.79 Å². The summed E-state index contributed by atoms with van der Waals surface area (Å²) < 4.78 is 5.65. The fraction of sp³-hybridized carbons (Fsp3) is 0.600. The first-order chi connectivity index (χ1) is 9.24. The van der Waals surface area contributed by atoms with E-state index < -0.39 is 18.0 Å². The lowest BCUT2D eigenvalue weighted by atomic mass is 10.2. The number of ether oxygens (including phenoxy) is 1. The summed E-state index contributed by atoms with van der Waals surface area (Å²) >= 11 is 0. The molecule has 5 heteroatoms. The number of unbranched alkanes of at least 4 members (excludes halogenated alkanes) is 1. The Morgan fingerprint density at radius 1 is 1.25 bits per heavy atom. The summed E-state index contributed by atoms with van der Waals surface area (Å²) in [7, 11) is 5.71. The molecule has 0 N–H and O–H groups in total. The number of quaternary nitrogens is 1. The average molecular weight is 283 g/mol. The molecule has 0 saturated heterocycles. The fourth-order valence-electron chi connectivity index (χ4n) is 1.62. The van der Waals surface area contributed by atoms with Gasteiger partial charge in [0.1, 0.15) is 6.54 Å². The van der Waals surface area contributed by atoms with Crippen LogP contribution < -0.4 is 5.11 Å². The number of carbonyl (C=O) groups is 2. The molecular formula is C15H25NO4. The highest BCUT2D eigenvalue weighted by Crippen LogP contribution is 2.05. The molecule has 0 fully saturated rings. The van der Waals surface area contributed by atoms with Gasteiger partial charge in [-0.05, 0) is 6.42 Å². The highest BCUT2D eigenvalue weighted by atomic mass is 16.5. The number of esters is 1. The Morgan fingerprint density at radius 3 is 2.40 bits per heavy atom. The van der Waals surface area contributed by atoms with E-state index in [9.17, 15) is 14.7 Å². The van der Waals surface area contributed by atoms with E-state index in [0.717, 1.165) is 12.8 Å². The van der Waals surface area contributed by atoms with E-state index in [0.29, 0.717) is 11.0 Å². The van der Waals surface area contributed by atoms with Crippen molar-refractivity contribution >= 4 is 11.9 Å². The maximum absolute atomic E-state index is 11.6. The minimum Gasteiger partial charge on any atom is -0.550 e. The molecule has 1 atom stereocenters. The molecule has 0 saturated carbocycles. The van der Waals surface area contributed by atoms with Crippen molar-refractivity contribution in [2.24, 2.45) is 0 Å². The number of hydrogen-bond donors (Lipinski definition) is 0. The van der Waals surface area contributed by atoms with E-state index in [-0.39, 0.29) is 6.42 Å². The SMILES string of the molecule is CCC/C=C/C=C/C(=O)OC(CC(=O)[O-])C[N+](C)(C)C. The van der Waals surface area contributed by atoms with Crippen LogP contribution in [0, 0.1) is 0 Å². The lowest BCUT2D eigenvalue weighted by Crippen LogP contribution is -2.45. The Labute approximate surface area is 121 Å². The lowest BCUT2D eigenvalue weighted by Gasteiger charge is -2.28. The van der Waals surface area contributed by atoms with Crippen LogP contribution in [0.3, 0.4) is 0 Å². The monoisotopic (exact) mass is 283 g/mol. The zero-order valence-electron chi connectivity index (χ0n) is 12.8. The molecule has 0 spiro atoms. The maximum atomic E-state index is 11.6. The van der Waals surface area contributed by atoms with Crippen molar-refractivity contribution in [1.82, 2.24) is 0 Å². The molecular weight excluding hydrogens is 258 g/mol. The highest BCUT2D eigenvalue weighted by molar-refractivity contribution is 5.82. The number of rotatable bonds is 9. The quantitative estimate of drug-likeness (QED) is 0.270. The molecule has 0 aliphatic carbocycles. The van der Waals surface area contributed by atoms with Crippen LogP contribution >= 0.6 is 0 Å². The molecule has 1 unspecified atom stereocenters. The largest absolute Gasteiger partial charge is 0.550 e. The first kappa shape index (κ1) is 18.4. The van der Waals surface area contributed by atoms with E-state index in [4.69, 9.17) is 4.74 Å². The second-order valence-electron chi connectivity index (χ2n) is 5.68. The molecule has 0 amide bonds. The average Bonchev–Trinajstić information content (AvgIpc) is 2.25. The third-order valence-electron chi connectivity index (χ3n) is 2.36. The van der Waals surface area contributed by atoms with Gasteiger partial charge in [-0.2, -0.15) is 0 Å². The number of aliphatic carboxylic acids is 1.